The monoisotopic (exact) mass is 350 g/mol. The lowest BCUT2D eigenvalue weighted by Crippen LogP contribution is -2.18. The van der Waals surface area contributed by atoms with E-state index in [-0.39, 0.29) is 11.4 Å². The van der Waals surface area contributed by atoms with Crippen molar-refractivity contribution in [2.24, 2.45) is 0 Å². The van der Waals surface area contributed by atoms with E-state index < -0.39 is 17.6 Å². The second kappa shape index (κ2) is 7.88. The van der Waals surface area contributed by atoms with Gasteiger partial charge in [-0.15, -0.1) is 11.8 Å². The zero-order valence-electron chi connectivity index (χ0n) is 12.4. The molecule has 0 aliphatic heterocycles. The number of amides is 1. The van der Waals surface area contributed by atoms with Crippen LogP contribution in [-0.2, 0) is 16.7 Å². The number of nitriles is 1. The van der Waals surface area contributed by atoms with Gasteiger partial charge < -0.3 is 5.32 Å². The quantitative estimate of drug-likeness (QED) is 0.867. The number of benzene rings is 2. The molecule has 0 aromatic heterocycles. The topological polar surface area (TPSA) is 52.9 Å². The lowest BCUT2D eigenvalue weighted by Gasteiger charge is -2.13. The number of hydrogen-bond acceptors (Lipinski definition) is 3. The highest BCUT2D eigenvalue weighted by Gasteiger charge is 2.33. The number of alkyl halides is 3. The maximum Gasteiger partial charge on any atom is 0.418 e. The Kier molecular flexibility index (Phi) is 5.88. The molecule has 1 N–H and O–H groups in total. The van der Waals surface area contributed by atoms with Crippen LogP contribution < -0.4 is 5.32 Å². The largest absolute Gasteiger partial charge is 0.418 e. The molecule has 0 saturated heterocycles. The Morgan fingerprint density at radius 3 is 2.42 bits per heavy atom. The van der Waals surface area contributed by atoms with Gasteiger partial charge in [0.05, 0.1) is 28.6 Å². The number of hydrogen-bond donors (Lipinski definition) is 1. The first-order valence-corrected chi connectivity index (χ1v) is 8.08. The van der Waals surface area contributed by atoms with E-state index in [0.29, 0.717) is 11.3 Å². The van der Waals surface area contributed by atoms with Gasteiger partial charge in [-0.25, -0.2) is 0 Å². The van der Waals surface area contributed by atoms with Crippen molar-refractivity contribution in [3.63, 3.8) is 0 Å². The fourth-order valence-corrected chi connectivity index (χ4v) is 2.75. The summed E-state index contributed by atoms with van der Waals surface area (Å²) in [5.74, 6) is 0.0667. The first kappa shape index (κ1) is 17.9. The number of thioether (sulfide) groups is 1. The van der Waals surface area contributed by atoms with Crippen molar-refractivity contribution in [3.05, 3.63) is 65.2 Å². The lowest BCUT2D eigenvalue weighted by atomic mass is 10.1. The molecule has 0 aliphatic rings. The van der Waals surface area contributed by atoms with Crippen LogP contribution in [0.1, 0.15) is 16.7 Å². The van der Waals surface area contributed by atoms with Crippen molar-refractivity contribution in [1.82, 2.24) is 0 Å². The molecule has 0 aliphatic carbocycles. The third-order valence-electron chi connectivity index (χ3n) is 3.09. The molecule has 0 spiro atoms. The number of carbonyl (C=O) groups is 1. The molecule has 0 radical (unpaired) electrons. The van der Waals surface area contributed by atoms with E-state index in [1.165, 1.54) is 30.0 Å². The number of halogens is 3. The molecular weight excluding hydrogens is 337 g/mol. The molecule has 0 bridgehead atoms. The number of rotatable bonds is 5. The van der Waals surface area contributed by atoms with Crippen LogP contribution in [-0.4, -0.2) is 11.7 Å². The Hall–Kier alpha value is -2.46. The molecule has 0 saturated carbocycles. The molecule has 0 atom stereocenters. The molecule has 1 amide bonds. The summed E-state index contributed by atoms with van der Waals surface area (Å²) in [5, 5.41) is 11.0. The Balaban J connectivity index is 1.89. The number of nitrogens with zero attached hydrogens (tertiary/aromatic N) is 1. The van der Waals surface area contributed by atoms with Crippen molar-refractivity contribution in [3.8, 4) is 6.07 Å². The van der Waals surface area contributed by atoms with E-state index in [2.05, 4.69) is 5.32 Å². The van der Waals surface area contributed by atoms with Crippen LogP contribution in [0.2, 0.25) is 0 Å². The number of para-hydroxylation sites is 1. The molecule has 24 heavy (non-hydrogen) atoms. The van der Waals surface area contributed by atoms with E-state index in [9.17, 15) is 18.0 Å². The SMILES string of the molecule is N#Cc1ccc(CSCC(=O)Nc2ccccc2C(F)(F)F)cc1. The van der Waals surface area contributed by atoms with Crippen LogP contribution in [0, 0.1) is 11.3 Å². The average Bonchev–Trinajstić information content (AvgIpc) is 2.55. The van der Waals surface area contributed by atoms with Gasteiger partial charge in [0, 0.05) is 5.75 Å². The summed E-state index contributed by atoms with van der Waals surface area (Å²) < 4.78 is 38.6. The van der Waals surface area contributed by atoms with E-state index in [4.69, 9.17) is 5.26 Å². The average molecular weight is 350 g/mol. The van der Waals surface area contributed by atoms with E-state index in [1.807, 2.05) is 6.07 Å². The van der Waals surface area contributed by atoms with E-state index in [0.717, 1.165) is 11.6 Å². The van der Waals surface area contributed by atoms with Gasteiger partial charge in [-0.1, -0.05) is 24.3 Å². The lowest BCUT2D eigenvalue weighted by molar-refractivity contribution is -0.137. The van der Waals surface area contributed by atoms with Gasteiger partial charge in [0.1, 0.15) is 0 Å². The molecule has 0 fully saturated rings. The Labute approximate surface area is 141 Å². The highest BCUT2D eigenvalue weighted by molar-refractivity contribution is 7.99. The van der Waals surface area contributed by atoms with Gasteiger partial charge in [-0.05, 0) is 29.8 Å². The van der Waals surface area contributed by atoms with Gasteiger partial charge >= 0.3 is 6.18 Å². The van der Waals surface area contributed by atoms with E-state index >= 15 is 0 Å². The van der Waals surface area contributed by atoms with Crippen LogP contribution >= 0.6 is 11.8 Å². The molecular formula is C17H13F3N2OS. The first-order chi connectivity index (χ1) is 11.4. The minimum atomic E-state index is -4.51. The normalized spacial score (nSPS) is 10.9. The predicted octanol–water partition coefficient (Wildman–Crippen LogP) is 4.45. The Bertz CT molecular complexity index is 752. The zero-order valence-corrected chi connectivity index (χ0v) is 13.2. The molecule has 7 heteroatoms. The number of carbonyl (C=O) groups excluding carboxylic acids is 1. The van der Waals surface area contributed by atoms with Crippen molar-refractivity contribution in [2.45, 2.75) is 11.9 Å². The summed E-state index contributed by atoms with van der Waals surface area (Å²) in [6.45, 7) is 0. The van der Waals surface area contributed by atoms with Crippen molar-refractivity contribution in [1.29, 1.82) is 5.26 Å². The minimum absolute atomic E-state index is 0.0339. The highest BCUT2D eigenvalue weighted by atomic mass is 32.2. The maximum absolute atomic E-state index is 12.9. The van der Waals surface area contributed by atoms with Gasteiger partial charge in [0.2, 0.25) is 5.91 Å². The summed E-state index contributed by atoms with van der Waals surface area (Å²) in [5.41, 5.74) is 0.372. The van der Waals surface area contributed by atoms with Gasteiger partial charge in [-0.2, -0.15) is 18.4 Å². The van der Waals surface area contributed by atoms with Crippen molar-refractivity contribution >= 4 is 23.4 Å². The van der Waals surface area contributed by atoms with Crippen LogP contribution in [0.3, 0.4) is 0 Å². The summed E-state index contributed by atoms with van der Waals surface area (Å²) in [6, 6.07) is 13.8. The molecule has 3 nitrogen and oxygen atoms in total. The smallest absolute Gasteiger partial charge is 0.325 e. The number of nitrogens with one attached hydrogen (secondary N) is 1. The second-order valence-electron chi connectivity index (χ2n) is 4.89. The van der Waals surface area contributed by atoms with Gasteiger partial charge in [0.25, 0.3) is 0 Å². The molecule has 2 aromatic rings. The van der Waals surface area contributed by atoms with Crippen LogP contribution in [0.5, 0.6) is 0 Å². The van der Waals surface area contributed by atoms with Crippen molar-refractivity contribution in [2.75, 3.05) is 11.1 Å². The standard InChI is InChI=1S/C17H13F3N2OS/c18-17(19,20)14-3-1-2-4-15(14)22-16(23)11-24-10-13-7-5-12(9-21)6-8-13/h1-8H,10-11H2,(H,22,23). The zero-order chi connectivity index (χ0) is 17.6. The summed E-state index contributed by atoms with van der Waals surface area (Å²) in [4.78, 5) is 11.8. The van der Waals surface area contributed by atoms with Crippen LogP contribution in [0.15, 0.2) is 48.5 Å². The molecule has 2 rings (SSSR count). The maximum atomic E-state index is 12.9. The van der Waals surface area contributed by atoms with Gasteiger partial charge in [0.15, 0.2) is 0 Å². The summed E-state index contributed by atoms with van der Waals surface area (Å²) in [7, 11) is 0. The summed E-state index contributed by atoms with van der Waals surface area (Å²) >= 11 is 1.28. The number of anilines is 1. The third-order valence-corrected chi connectivity index (χ3v) is 4.10. The highest BCUT2D eigenvalue weighted by Crippen LogP contribution is 2.34. The second-order valence-corrected chi connectivity index (χ2v) is 5.88. The van der Waals surface area contributed by atoms with Crippen molar-refractivity contribution < 1.29 is 18.0 Å². The molecule has 2 aromatic carbocycles. The van der Waals surface area contributed by atoms with Crippen LogP contribution in [0.4, 0.5) is 18.9 Å². The Morgan fingerprint density at radius 2 is 1.79 bits per heavy atom. The minimum Gasteiger partial charge on any atom is -0.325 e. The van der Waals surface area contributed by atoms with E-state index in [1.54, 1.807) is 24.3 Å². The van der Waals surface area contributed by atoms with Crippen LogP contribution in [0.25, 0.3) is 0 Å². The molecule has 124 valence electrons. The summed E-state index contributed by atoms with van der Waals surface area (Å²) in [6.07, 6.45) is -4.51. The molecule has 0 unspecified atom stereocenters. The Morgan fingerprint density at radius 1 is 1.12 bits per heavy atom. The fourth-order valence-electron chi connectivity index (χ4n) is 1.96. The van der Waals surface area contributed by atoms with Gasteiger partial charge in [-0.3, -0.25) is 4.79 Å². The molecule has 0 heterocycles. The fraction of sp³-hybridized carbons (Fsp3) is 0.176. The predicted molar refractivity (Wildman–Crippen MR) is 87.4 cm³/mol. The first-order valence-electron chi connectivity index (χ1n) is 6.93. The third kappa shape index (κ3) is 5.03.